The molecule has 1 N–H and O–H groups in total. The summed E-state index contributed by atoms with van der Waals surface area (Å²) in [5, 5.41) is 23.0. The summed E-state index contributed by atoms with van der Waals surface area (Å²) in [5.41, 5.74) is 0.412. The number of hydrogen-bond donors (Lipinski definition) is 1. The second-order valence-corrected chi connectivity index (χ2v) is 4.67. The summed E-state index contributed by atoms with van der Waals surface area (Å²) in [5.74, 6) is 0.989. The normalized spacial score (nSPS) is 48.8. The van der Waals surface area contributed by atoms with Gasteiger partial charge >= 0.3 is 0 Å². The highest BCUT2D eigenvalue weighted by Gasteiger charge is 2.61. The first-order chi connectivity index (χ1) is 7.24. The van der Waals surface area contributed by atoms with Crippen LogP contribution in [0.4, 0.5) is 0 Å². The summed E-state index contributed by atoms with van der Waals surface area (Å²) in [7, 11) is 0. The third-order valence-electron chi connectivity index (χ3n) is 4.23. The van der Waals surface area contributed by atoms with Gasteiger partial charge in [-0.2, -0.15) is 0 Å². The minimum Gasteiger partial charge on any atom is -0.411 e. The monoisotopic (exact) mass is 208 g/mol. The van der Waals surface area contributed by atoms with Crippen molar-refractivity contribution in [1.82, 2.24) is 0 Å². The molecule has 5 nitrogen and oxygen atoms in total. The molecule has 0 amide bonds. The summed E-state index contributed by atoms with van der Waals surface area (Å²) < 4.78 is 0. The van der Waals surface area contributed by atoms with E-state index in [0.717, 1.165) is 12.8 Å². The number of allylic oxidation sites excluding steroid dienone is 2. The molecule has 5 atom stereocenters. The molecule has 15 heavy (non-hydrogen) atoms. The third kappa shape index (κ3) is 0.952. The number of hydrogen-bond acceptors (Lipinski definition) is 4. The molecule has 0 aromatic rings. The Balaban J connectivity index is 2.00. The first-order valence-corrected chi connectivity index (χ1v) is 5.26. The summed E-state index contributed by atoms with van der Waals surface area (Å²) in [6, 6.07) is -0.746. The number of nitro groups is 1. The van der Waals surface area contributed by atoms with E-state index in [1.165, 1.54) is 0 Å². The van der Waals surface area contributed by atoms with Crippen molar-refractivity contribution in [1.29, 1.82) is 0 Å². The minimum absolute atomic E-state index is 0.0552. The number of nitrogens with zero attached hydrogens (tertiary/aromatic N) is 2. The van der Waals surface area contributed by atoms with E-state index < -0.39 is 6.04 Å². The van der Waals surface area contributed by atoms with Crippen molar-refractivity contribution >= 4 is 5.71 Å². The van der Waals surface area contributed by atoms with Gasteiger partial charge in [-0.3, -0.25) is 10.1 Å². The zero-order valence-corrected chi connectivity index (χ0v) is 8.11. The molecule has 0 aromatic carbocycles. The fourth-order valence-corrected chi connectivity index (χ4v) is 3.73. The van der Waals surface area contributed by atoms with Gasteiger partial charge in [-0.25, -0.2) is 0 Å². The maximum absolute atomic E-state index is 10.9. The van der Waals surface area contributed by atoms with Crippen LogP contribution >= 0.6 is 0 Å². The van der Waals surface area contributed by atoms with Crippen LogP contribution < -0.4 is 0 Å². The van der Waals surface area contributed by atoms with Crippen molar-refractivity contribution in [3.8, 4) is 0 Å². The minimum atomic E-state index is -0.746. The molecular formula is C10H12N2O3. The third-order valence-corrected chi connectivity index (χ3v) is 4.23. The Labute approximate surface area is 86.6 Å². The van der Waals surface area contributed by atoms with E-state index in [-0.39, 0.29) is 16.8 Å². The maximum Gasteiger partial charge on any atom is 0.257 e. The smallest absolute Gasteiger partial charge is 0.257 e. The van der Waals surface area contributed by atoms with Crippen molar-refractivity contribution < 1.29 is 10.1 Å². The number of fused-ring (bicyclic) bond motifs is 5. The van der Waals surface area contributed by atoms with Gasteiger partial charge in [0.1, 0.15) is 5.71 Å². The average molecular weight is 208 g/mol. The van der Waals surface area contributed by atoms with E-state index in [2.05, 4.69) is 17.3 Å². The topological polar surface area (TPSA) is 75.7 Å². The summed E-state index contributed by atoms with van der Waals surface area (Å²) in [6.45, 7) is 0. The standard InChI is InChI=1S/C10H12N2O3/c13-11-9-7-4-8(10(9)12(14)15)6-3-1-2-5(6)7/h1,3,5-8,10,13H,2,4H2/b11-9-/t5?,6?,7-,8+,10?/m1/s1. The highest BCUT2D eigenvalue weighted by atomic mass is 16.6. The van der Waals surface area contributed by atoms with Crippen molar-refractivity contribution in [2.45, 2.75) is 18.9 Å². The molecule has 2 saturated carbocycles. The molecule has 3 unspecified atom stereocenters. The fourth-order valence-electron chi connectivity index (χ4n) is 3.73. The highest BCUT2D eigenvalue weighted by Crippen LogP contribution is 2.55. The zero-order chi connectivity index (χ0) is 10.6. The molecule has 3 aliphatic carbocycles. The Bertz CT molecular complexity index is 377. The lowest BCUT2D eigenvalue weighted by Gasteiger charge is -2.26. The lowest BCUT2D eigenvalue weighted by molar-refractivity contribution is -0.512. The predicted molar refractivity (Wildman–Crippen MR) is 52.3 cm³/mol. The van der Waals surface area contributed by atoms with Crippen LogP contribution in [0.25, 0.3) is 0 Å². The Morgan fingerprint density at radius 1 is 1.53 bits per heavy atom. The first kappa shape index (κ1) is 8.88. The van der Waals surface area contributed by atoms with Crippen LogP contribution in [0.2, 0.25) is 0 Å². The Hall–Kier alpha value is -1.39. The molecule has 0 saturated heterocycles. The molecular weight excluding hydrogens is 196 g/mol. The molecule has 3 aliphatic rings. The Kier molecular flexibility index (Phi) is 1.66. The van der Waals surface area contributed by atoms with E-state index in [9.17, 15) is 10.1 Å². The molecule has 0 spiro atoms. The van der Waals surface area contributed by atoms with Gasteiger partial charge in [0.05, 0.1) is 0 Å². The van der Waals surface area contributed by atoms with Gasteiger partial charge in [0, 0.05) is 16.8 Å². The quantitative estimate of drug-likeness (QED) is 0.305. The van der Waals surface area contributed by atoms with Crippen LogP contribution in [0.15, 0.2) is 17.3 Å². The van der Waals surface area contributed by atoms with Crippen LogP contribution in [0.1, 0.15) is 12.8 Å². The van der Waals surface area contributed by atoms with E-state index in [4.69, 9.17) is 5.21 Å². The number of oxime groups is 1. The van der Waals surface area contributed by atoms with E-state index >= 15 is 0 Å². The second-order valence-electron chi connectivity index (χ2n) is 4.67. The molecule has 2 bridgehead atoms. The molecule has 5 heteroatoms. The van der Waals surface area contributed by atoms with Crippen molar-refractivity contribution in [2.24, 2.45) is 28.8 Å². The fraction of sp³-hybridized carbons (Fsp3) is 0.700. The summed E-state index contributed by atoms with van der Waals surface area (Å²) in [6.07, 6.45) is 6.02. The van der Waals surface area contributed by atoms with Crippen molar-refractivity contribution in [3.63, 3.8) is 0 Å². The molecule has 0 aliphatic heterocycles. The van der Waals surface area contributed by atoms with E-state index in [0.29, 0.717) is 17.5 Å². The van der Waals surface area contributed by atoms with Crippen LogP contribution in [0, 0.1) is 33.8 Å². The predicted octanol–water partition coefficient (Wildman–Crippen LogP) is 1.30. The Morgan fingerprint density at radius 3 is 3.00 bits per heavy atom. The SMILES string of the molecule is O=[N+]([O-])C1/C(=N\O)[C@@H]2C[C@H]1C1C=CCC12. The van der Waals surface area contributed by atoms with Gasteiger partial charge in [-0.15, -0.1) is 0 Å². The van der Waals surface area contributed by atoms with Crippen LogP contribution in [0.5, 0.6) is 0 Å². The molecule has 3 rings (SSSR count). The number of rotatable bonds is 1. The first-order valence-electron chi connectivity index (χ1n) is 5.26. The molecule has 0 aromatic heterocycles. The van der Waals surface area contributed by atoms with Crippen molar-refractivity contribution in [3.05, 3.63) is 22.3 Å². The van der Waals surface area contributed by atoms with Gasteiger partial charge in [-0.1, -0.05) is 17.3 Å². The zero-order valence-electron chi connectivity index (χ0n) is 8.11. The van der Waals surface area contributed by atoms with Crippen LogP contribution in [-0.2, 0) is 0 Å². The second kappa shape index (κ2) is 2.81. The average Bonchev–Trinajstić information content (AvgIpc) is 2.86. The Morgan fingerprint density at radius 2 is 2.33 bits per heavy atom. The van der Waals surface area contributed by atoms with Crippen LogP contribution in [0.3, 0.4) is 0 Å². The lowest BCUT2D eigenvalue weighted by atomic mass is 9.78. The van der Waals surface area contributed by atoms with Gasteiger partial charge in [-0.05, 0) is 24.7 Å². The molecule has 0 heterocycles. The summed E-state index contributed by atoms with van der Waals surface area (Å²) >= 11 is 0. The highest BCUT2D eigenvalue weighted by molar-refractivity contribution is 5.94. The molecule has 2 fully saturated rings. The van der Waals surface area contributed by atoms with Gasteiger partial charge < -0.3 is 5.21 Å². The molecule has 80 valence electrons. The lowest BCUT2D eigenvalue weighted by Crippen LogP contribution is -2.41. The van der Waals surface area contributed by atoms with E-state index in [1.807, 2.05) is 0 Å². The van der Waals surface area contributed by atoms with Gasteiger partial charge in [0.15, 0.2) is 0 Å². The maximum atomic E-state index is 10.9. The summed E-state index contributed by atoms with van der Waals surface area (Å²) in [4.78, 5) is 10.6. The van der Waals surface area contributed by atoms with E-state index in [1.54, 1.807) is 0 Å². The molecule has 0 radical (unpaired) electrons. The largest absolute Gasteiger partial charge is 0.411 e. The van der Waals surface area contributed by atoms with Gasteiger partial charge in [0.2, 0.25) is 0 Å². The van der Waals surface area contributed by atoms with Crippen molar-refractivity contribution in [2.75, 3.05) is 0 Å². The van der Waals surface area contributed by atoms with Gasteiger partial charge in [0.25, 0.3) is 6.04 Å². The van der Waals surface area contributed by atoms with Crippen LogP contribution in [-0.4, -0.2) is 21.9 Å².